The SMILES string of the molecule is CCNCc1ccoc1COC1CCCC(OC)C1. The lowest BCUT2D eigenvalue weighted by Gasteiger charge is -2.28. The van der Waals surface area contributed by atoms with Crippen molar-refractivity contribution in [2.24, 2.45) is 0 Å². The van der Waals surface area contributed by atoms with Gasteiger partial charge in [-0.1, -0.05) is 6.92 Å². The van der Waals surface area contributed by atoms with Crippen molar-refractivity contribution in [3.8, 4) is 0 Å². The minimum atomic E-state index is 0.302. The van der Waals surface area contributed by atoms with E-state index in [4.69, 9.17) is 13.9 Å². The Morgan fingerprint density at radius 2 is 2.21 bits per heavy atom. The Kier molecular flexibility index (Phi) is 5.89. The lowest BCUT2D eigenvalue weighted by molar-refractivity contribution is -0.0407. The van der Waals surface area contributed by atoms with Crippen LogP contribution in [-0.2, 0) is 22.6 Å². The standard InChI is InChI=1S/C15H25NO3/c1-3-16-10-12-7-8-18-15(12)11-19-14-6-4-5-13(9-14)17-2/h7-8,13-14,16H,3-6,9-11H2,1-2H3. The quantitative estimate of drug-likeness (QED) is 0.825. The fraction of sp³-hybridized carbons (Fsp3) is 0.733. The summed E-state index contributed by atoms with van der Waals surface area (Å²) in [6.45, 7) is 4.47. The van der Waals surface area contributed by atoms with Crippen LogP contribution in [0.25, 0.3) is 0 Å². The fourth-order valence-corrected chi connectivity index (χ4v) is 2.57. The maximum Gasteiger partial charge on any atom is 0.133 e. The highest BCUT2D eigenvalue weighted by molar-refractivity contribution is 5.16. The molecule has 1 aliphatic rings. The summed E-state index contributed by atoms with van der Waals surface area (Å²) in [5.74, 6) is 0.945. The predicted octanol–water partition coefficient (Wildman–Crippen LogP) is 2.86. The van der Waals surface area contributed by atoms with Crippen molar-refractivity contribution in [1.29, 1.82) is 0 Å². The zero-order valence-electron chi connectivity index (χ0n) is 12.0. The van der Waals surface area contributed by atoms with E-state index in [1.165, 1.54) is 12.0 Å². The first-order chi connectivity index (χ1) is 9.33. The van der Waals surface area contributed by atoms with E-state index < -0.39 is 0 Å². The van der Waals surface area contributed by atoms with Crippen LogP contribution in [0.1, 0.15) is 43.9 Å². The largest absolute Gasteiger partial charge is 0.467 e. The van der Waals surface area contributed by atoms with Crippen LogP contribution < -0.4 is 5.32 Å². The number of rotatable bonds is 7. The van der Waals surface area contributed by atoms with Gasteiger partial charge in [0.1, 0.15) is 12.4 Å². The Morgan fingerprint density at radius 1 is 1.37 bits per heavy atom. The molecule has 0 spiro atoms. The predicted molar refractivity (Wildman–Crippen MR) is 73.9 cm³/mol. The van der Waals surface area contributed by atoms with E-state index in [1.54, 1.807) is 13.4 Å². The van der Waals surface area contributed by atoms with Crippen LogP contribution in [0, 0.1) is 0 Å². The van der Waals surface area contributed by atoms with Gasteiger partial charge in [-0.05, 0) is 38.3 Å². The second-order valence-corrected chi connectivity index (χ2v) is 5.11. The number of nitrogens with one attached hydrogen (secondary N) is 1. The summed E-state index contributed by atoms with van der Waals surface area (Å²) >= 11 is 0. The van der Waals surface area contributed by atoms with E-state index in [0.29, 0.717) is 18.8 Å². The van der Waals surface area contributed by atoms with Gasteiger partial charge in [-0.25, -0.2) is 0 Å². The maximum atomic E-state index is 5.98. The first-order valence-corrected chi connectivity index (χ1v) is 7.23. The van der Waals surface area contributed by atoms with Gasteiger partial charge in [-0.15, -0.1) is 0 Å². The Labute approximate surface area is 115 Å². The first kappa shape index (κ1) is 14.6. The Hall–Kier alpha value is -0.840. The van der Waals surface area contributed by atoms with Crippen LogP contribution in [0.15, 0.2) is 16.7 Å². The van der Waals surface area contributed by atoms with Gasteiger partial charge >= 0.3 is 0 Å². The normalized spacial score (nSPS) is 23.7. The number of ether oxygens (including phenoxy) is 2. The van der Waals surface area contributed by atoms with Crippen molar-refractivity contribution in [2.75, 3.05) is 13.7 Å². The fourth-order valence-electron chi connectivity index (χ4n) is 2.57. The minimum absolute atomic E-state index is 0.302. The van der Waals surface area contributed by atoms with Crippen LogP contribution in [0.2, 0.25) is 0 Å². The lowest BCUT2D eigenvalue weighted by atomic mass is 9.95. The summed E-state index contributed by atoms with van der Waals surface area (Å²) in [5, 5.41) is 3.31. The number of hydrogen-bond acceptors (Lipinski definition) is 4. The van der Waals surface area contributed by atoms with Crippen molar-refractivity contribution in [3.05, 3.63) is 23.7 Å². The highest BCUT2D eigenvalue weighted by atomic mass is 16.5. The van der Waals surface area contributed by atoms with Gasteiger partial charge in [0.2, 0.25) is 0 Å². The molecule has 2 rings (SSSR count). The van der Waals surface area contributed by atoms with Crippen molar-refractivity contribution in [1.82, 2.24) is 5.32 Å². The van der Waals surface area contributed by atoms with E-state index in [2.05, 4.69) is 12.2 Å². The van der Waals surface area contributed by atoms with Gasteiger partial charge < -0.3 is 19.2 Å². The summed E-state index contributed by atoms with van der Waals surface area (Å²) in [7, 11) is 1.79. The summed E-state index contributed by atoms with van der Waals surface area (Å²) in [6.07, 6.45) is 6.87. The van der Waals surface area contributed by atoms with Crippen LogP contribution in [-0.4, -0.2) is 25.9 Å². The number of methoxy groups -OCH3 is 1. The second-order valence-electron chi connectivity index (χ2n) is 5.11. The monoisotopic (exact) mass is 267 g/mol. The molecule has 2 unspecified atom stereocenters. The third-order valence-corrected chi connectivity index (χ3v) is 3.76. The highest BCUT2D eigenvalue weighted by Crippen LogP contribution is 2.24. The molecule has 0 saturated heterocycles. The molecule has 1 N–H and O–H groups in total. The lowest BCUT2D eigenvalue weighted by Crippen LogP contribution is -2.27. The molecule has 1 heterocycles. The van der Waals surface area contributed by atoms with Crippen molar-refractivity contribution in [3.63, 3.8) is 0 Å². The molecule has 1 aliphatic carbocycles. The molecule has 2 atom stereocenters. The molecule has 1 aromatic heterocycles. The molecule has 0 aliphatic heterocycles. The average Bonchev–Trinajstić information content (AvgIpc) is 2.90. The van der Waals surface area contributed by atoms with E-state index in [9.17, 15) is 0 Å². The summed E-state index contributed by atoms with van der Waals surface area (Å²) < 4.78 is 16.9. The van der Waals surface area contributed by atoms with Gasteiger partial charge in [0.25, 0.3) is 0 Å². The Bertz CT molecular complexity index is 364. The average molecular weight is 267 g/mol. The van der Waals surface area contributed by atoms with E-state index in [0.717, 1.165) is 38.1 Å². The van der Waals surface area contributed by atoms with Crippen molar-refractivity contribution < 1.29 is 13.9 Å². The first-order valence-electron chi connectivity index (χ1n) is 7.23. The summed E-state index contributed by atoms with van der Waals surface area (Å²) in [6, 6.07) is 2.01. The third kappa shape index (κ3) is 4.34. The second kappa shape index (κ2) is 7.68. The zero-order chi connectivity index (χ0) is 13.5. The molecule has 19 heavy (non-hydrogen) atoms. The van der Waals surface area contributed by atoms with E-state index in [-0.39, 0.29) is 0 Å². The van der Waals surface area contributed by atoms with Crippen LogP contribution >= 0.6 is 0 Å². The molecular weight excluding hydrogens is 242 g/mol. The third-order valence-electron chi connectivity index (χ3n) is 3.76. The molecule has 0 aromatic carbocycles. The van der Waals surface area contributed by atoms with Gasteiger partial charge in [-0.2, -0.15) is 0 Å². The van der Waals surface area contributed by atoms with Gasteiger partial charge in [0.15, 0.2) is 0 Å². The number of hydrogen-bond donors (Lipinski definition) is 1. The van der Waals surface area contributed by atoms with Crippen molar-refractivity contribution in [2.45, 2.75) is 58.0 Å². The topological polar surface area (TPSA) is 43.6 Å². The minimum Gasteiger partial charge on any atom is -0.467 e. The maximum absolute atomic E-state index is 5.98. The van der Waals surface area contributed by atoms with Crippen LogP contribution in [0.4, 0.5) is 0 Å². The van der Waals surface area contributed by atoms with Gasteiger partial charge in [0, 0.05) is 19.2 Å². The highest BCUT2D eigenvalue weighted by Gasteiger charge is 2.22. The Morgan fingerprint density at radius 3 is 3.00 bits per heavy atom. The molecule has 4 nitrogen and oxygen atoms in total. The summed E-state index contributed by atoms with van der Waals surface area (Å²) in [4.78, 5) is 0. The Balaban J connectivity index is 1.79. The van der Waals surface area contributed by atoms with E-state index >= 15 is 0 Å². The molecule has 4 heteroatoms. The van der Waals surface area contributed by atoms with E-state index in [1.807, 2.05) is 6.07 Å². The molecule has 0 amide bonds. The van der Waals surface area contributed by atoms with Gasteiger partial charge in [0.05, 0.1) is 18.5 Å². The van der Waals surface area contributed by atoms with Crippen LogP contribution in [0.5, 0.6) is 0 Å². The molecule has 0 radical (unpaired) electrons. The number of furan rings is 1. The molecule has 0 bridgehead atoms. The van der Waals surface area contributed by atoms with Crippen LogP contribution in [0.3, 0.4) is 0 Å². The molecule has 1 aromatic rings. The molecule has 1 saturated carbocycles. The summed E-state index contributed by atoms with van der Waals surface area (Å²) in [5.41, 5.74) is 1.20. The smallest absolute Gasteiger partial charge is 0.133 e. The van der Waals surface area contributed by atoms with Gasteiger partial charge in [-0.3, -0.25) is 0 Å². The molecule has 108 valence electrons. The molecule has 1 fully saturated rings. The van der Waals surface area contributed by atoms with Crippen molar-refractivity contribution >= 4 is 0 Å². The molecular formula is C15H25NO3. The zero-order valence-corrected chi connectivity index (χ0v) is 12.0.